The number of sulfone groups is 1. The number of hydrogen-bond donors (Lipinski definition) is 2. The van der Waals surface area contributed by atoms with E-state index in [-0.39, 0.29) is 22.1 Å². The molecule has 0 aliphatic rings. The summed E-state index contributed by atoms with van der Waals surface area (Å²) in [6.45, 7) is 0. The monoisotopic (exact) mass is 273 g/mol. The van der Waals surface area contributed by atoms with Gasteiger partial charge in [0.15, 0.2) is 9.84 Å². The van der Waals surface area contributed by atoms with E-state index in [9.17, 15) is 13.2 Å². The highest BCUT2D eigenvalue weighted by Gasteiger charge is 2.14. The summed E-state index contributed by atoms with van der Waals surface area (Å²) in [6.07, 6.45) is 0. The molecule has 1 aromatic rings. The van der Waals surface area contributed by atoms with Gasteiger partial charge in [0.2, 0.25) is 0 Å². The minimum Gasteiger partial charge on any atom is -0.478 e. The van der Waals surface area contributed by atoms with Crippen LogP contribution in [0.1, 0.15) is 15.9 Å². The predicted molar refractivity (Wildman–Crippen MR) is 67.7 cm³/mol. The number of nitrogens with two attached hydrogens (primary N) is 1. The summed E-state index contributed by atoms with van der Waals surface area (Å²) in [7, 11) is -3.44. The normalized spacial score (nSPS) is 11.1. The van der Waals surface area contributed by atoms with Gasteiger partial charge < -0.3 is 10.8 Å². The molecule has 0 heterocycles. The van der Waals surface area contributed by atoms with Crippen molar-refractivity contribution in [1.82, 2.24) is 0 Å². The minimum atomic E-state index is -3.44. The number of carbonyl (C=O) groups is 1. The summed E-state index contributed by atoms with van der Waals surface area (Å²) in [4.78, 5) is 10.6. The first kappa shape index (κ1) is 13.6. The molecule has 1 aromatic carbocycles. The van der Waals surface area contributed by atoms with Crippen molar-refractivity contribution in [3.8, 4) is 0 Å². The van der Waals surface area contributed by atoms with Crippen LogP contribution in [0.25, 0.3) is 0 Å². The van der Waals surface area contributed by atoms with Gasteiger partial charge >= 0.3 is 5.97 Å². The highest BCUT2D eigenvalue weighted by atomic mass is 32.2. The Morgan fingerprint density at radius 3 is 2.59 bits per heavy atom. The Kier molecular flexibility index (Phi) is 4.19. The van der Waals surface area contributed by atoms with Crippen LogP contribution in [0.2, 0.25) is 0 Å². The average molecular weight is 273 g/mol. The fourth-order valence-corrected chi connectivity index (χ4v) is 3.08. The first-order valence-corrected chi connectivity index (χ1v) is 6.84. The minimum absolute atomic E-state index is 0.0491. The topological polar surface area (TPSA) is 97.5 Å². The summed E-state index contributed by atoms with van der Waals surface area (Å²) >= 11 is 4.53. The van der Waals surface area contributed by atoms with Crippen molar-refractivity contribution in [2.75, 3.05) is 5.75 Å². The summed E-state index contributed by atoms with van der Waals surface area (Å²) < 4.78 is 23.2. The zero-order valence-corrected chi connectivity index (χ0v) is 10.4. The van der Waals surface area contributed by atoms with Gasteiger partial charge in [-0.2, -0.15) is 0 Å². The van der Waals surface area contributed by atoms with Gasteiger partial charge in [-0.05, 0) is 17.7 Å². The van der Waals surface area contributed by atoms with Crippen molar-refractivity contribution in [3.05, 3.63) is 35.4 Å². The van der Waals surface area contributed by atoms with Crippen LogP contribution >= 0.6 is 12.2 Å². The van der Waals surface area contributed by atoms with E-state index in [1.807, 2.05) is 0 Å². The molecule has 0 aliphatic heterocycles. The van der Waals surface area contributed by atoms with E-state index in [1.54, 1.807) is 6.07 Å². The fourth-order valence-electron chi connectivity index (χ4n) is 1.32. The third-order valence-corrected chi connectivity index (χ3v) is 3.77. The maximum absolute atomic E-state index is 11.6. The molecule has 0 aromatic heterocycles. The van der Waals surface area contributed by atoms with Gasteiger partial charge in [-0.3, -0.25) is 0 Å². The van der Waals surface area contributed by atoms with Crippen molar-refractivity contribution in [3.63, 3.8) is 0 Å². The number of hydrogen-bond acceptors (Lipinski definition) is 4. The molecule has 0 bridgehead atoms. The number of thiocarbonyl (C=S) groups is 1. The molecule has 7 heteroatoms. The van der Waals surface area contributed by atoms with Crippen molar-refractivity contribution >= 4 is 33.0 Å². The first-order valence-electron chi connectivity index (χ1n) is 4.61. The second-order valence-corrected chi connectivity index (χ2v) is 6.09. The molecular weight excluding hydrogens is 262 g/mol. The molecule has 0 unspecified atom stereocenters. The van der Waals surface area contributed by atoms with E-state index < -0.39 is 15.8 Å². The number of rotatable bonds is 5. The van der Waals surface area contributed by atoms with E-state index in [0.29, 0.717) is 5.56 Å². The number of benzene rings is 1. The standard InChI is InChI=1S/C10H11NO4S2/c11-9(16)6-17(14,15)5-7-2-1-3-8(4-7)10(12)13/h1-4H,5-6H2,(H2,11,16)(H,12,13). The second kappa shape index (κ2) is 5.24. The fraction of sp³-hybridized carbons (Fsp3) is 0.200. The van der Waals surface area contributed by atoms with Crippen molar-refractivity contribution in [1.29, 1.82) is 0 Å². The van der Waals surface area contributed by atoms with E-state index >= 15 is 0 Å². The van der Waals surface area contributed by atoms with Crippen LogP contribution in [0.3, 0.4) is 0 Å². The van der Waals surface area contributed by atoms with Crippen LogP contribution in [0.4, 0.5) is 0 Å². The Labute approximate surface area is 104 Å². The lowest BCUT2D eigenvalue weighted by Crippen LogP contribution is -2.22. The third-order valence-electron chi connectivity index (χ3n) is 1.92. The van der Waals surface area contributed by atoms with Gasteiger partial charge in [-0.1, -0.05) is 24.4 Å². The van der Waals surface area contributed by atoms with E-state index in [4.69, 9.17) is 10.8 Å². The molecule has 3 N–H and O–H groups in total. The molecule has 0 aliphatic carbocycles. The van der Waals surface area contributed by atoms with Gasteiger partial charge in [0, 0.05) is 0 Å². The van der Waals surface area contributed by atoms with Crippen molar-refractivity contribution in [2.45, 2.75) is 5.75 Å². The smallest absolute Gasteiger partial charge is 0.335 e. The van der Waals surface area contributed by atoms with Gasteiger partial charge in [-0.15, -0.1) is 0 Å². The summed E-state index contributed by atoms with van der Waals surface area (Å²) in [5, 5.41) is 8.76. The van der Waals surface area contributed by atoms with Crippen molar-refractivity contribution in [2.24, 2.45) is 5.73 Å². The molecule has 0 saturated heterocycles. The molecule has 0 spiro atoms. The highest BCUT2D eigenvalue weighted by molar-refractivity contribution is 7.93. The zero-order chi connectivity index (χ0) is 13.1. The van der Waals surface area contributed by atoms with Gasteiger partial charge in [-0.25, -0.2) is 13.2 Å². The number of aromatic carboxylic acids is 1. The lowest BCUT2D eigenvalue weighted by atomic mass is 10.1. The maximum Gasteiger partial charge on any atom is 0.335 e. The molecule has 0 amide bonds. The Morgan fingerprint density at radius 2 is 2.06 bits per heavy atom. The van der Waals surface area contributed by atoms with Crippen LogP contribution in [0, 0.1) is 0 Å². The molecular formula is C10H11NO4S2. The summed E-state index contributed by atoms with van der Waals surface area (Å²) in [6, 6.07) is 5.75. The number of carboxylic acids is 1. The maximum atomic E-state index is 11.6. The van der Waals surface area contributed by atoms with Crippen LogP contribution < -0.4 is 5.73 Å². The molecule has 0 atom stereocenters. The van der Waals surface area contributed by atoms with Crippen molar-refractivity contribution < 1.29 is 18.3 Å². The zero-order valence-electron chi connectivity index (χ0n) is 8.79. The average Bonchev–Trinajstić information content (AvgIpc) is 2.14. The number of carboxylic acid groups (broad SMARTS) is 1. The van der Waals surface area contributed by atoms with Crippen LogP contribution in [0.5, 0.6) is 0 Å². The molecule has 17 heavy (non-hydrogen) atoms. The molecule has 0 radical (unpaired) electrons. The molecule has 5 nitrogen and oxygen atoms in total. The summed E-state index contributed by atoms with van der Waals surface area (Å²) in [5.74, 6) is -1.75. The predicted octanol–water partition coefficient (Wildman–Crippen LogP) is 0.586. The first-order chi connectivity index (χ1) is 7.80. The lowest BCUT2D eigenvalue weighted by molar-refractivity contribution is 0.0696. The van der Waals surface area contributed by atoms with E-state index in [0.717, 1.165) is 0 Å². The van der Waals surface area contributed by atoms with Gasteiger partial charge in [0.25, 0.3) is 0 Å². The Bertz CT molecular complexity index is 551. The van der Waals surface area contributed by atoms with E-state index in [1.165, 1.54) is 18.2 Å². The van der Waals surface area contributed by atoms with Gasteiger partial charge in [0.1, 0.15) is 5.75 Å². The van der Waals surface area contributed by atoms with Gasteiger partial charge in [0.05, 0.1) is 16.3 Å². The Morgan fingerprint density at radius 1 is 1.41 bits per heavy atom. The Hall–Kier alpha value is -1.47. The molecule has 0 saturated carbocycles. The quantitative estimate of drug-likeness (QED) is 0.762. The molecule has 0 fully saturated rings. The molecule has 92 valence electrons. The van der Waals surface area contributed by atoms with Crippen LogP contribution in [-0.2, 0) is 15.6 Å². The largest absolute Gasteiger partial charge is 0.478 e. The van der Waals surface area contributed by atoms with Crippen LogP contribution in [0.15, 0.2) is 24.3 Å². The van der Waals surface area contributed by atoms with E-state index in [2.05, 4.69) is 12.2 Å². The lowest BCUT2D eigenvalue weighted by Gasteiger charge is -2.04. The second-order valence-electron chi connectivity index (χ2n) is 3.50. The van der Waals surface area contributed by atoms with Crippen LogP contribution in [-0.4, -0.2) is 30.2 Å². The third kappa shape index (κ3) is 4.49. The Balaban J connectivity index is 2.92. The molecule has 1 rings (SSSR count). The SMILES string of the molecule is NC(=S)CS(=O)(=O)Cc1cccc(C(=O)O)c1. The summed E-state index contributed by atoms with van der Waals surface area (Å²) in [5.41, 5.74) is 5.62. The highest BCUT2D eigenvalue weighted by Crippen LogP contribution is 2.10.